The summed E-state index contributed by atoms with van der Waals surface area (Å²) in [7, 11) is 1.24. The molecule has 1 N–H and O–H groups in total. The number of thiophene rings is 1. The monoisotopic (exact) mass is 431 g/mol. The normalized spacial score (nSPS) is 11.4. The Morgan fingerprint density at radius 2 is 1.96 bits per heavy atom. The largest absolute Gasteiger partial charge is 0.477 e. The number of esters is 2. The van der Waals surface area contributed by atoms with Gasteiger partial charge in [-0.3, -0.25) is 4.79 Å². The number of benzene rings is 1. The van der Waals surface area contributed by atoms with Gasteiger partial charge in [0.2, 0.25) is 0 Å². The van der Waals surface area contributed by atoms with Crippen LogP contribution in [0.3, 0.4) is 0 Å². The zero-order chi connectivity index (χ0) is 20.0. The molecule has 0 aliphatic rings. The van der Waals surface area contributed by atoms with Crippen molar-refractivity contribution in [2.24, 2.45) is 0 Å². The fourth-order valence-electron chi connectivity index (χ4n) is 1.91. The Morgan fingerprint density at radius 3 is 2.63 bits per heavy atom. The van der Waals surface area contributed by atoms with Crippen molar-refractivity contribution in [2.45, 2.75) is 13.0 Å². The van der Waals surface area contributed by atoms with E-state index >= 15 is 0 Å². The molecular formula is C17H15Cl2NO6S. The molecule has 0 saturated carbocycles. The SMILES string of the molecule is COC(=O)c1sccc1NC(=O)COC(=O)C(C)Oc1ccc(Cl)cc1Cl. The second-order valence-electron chi connectivity index (χ2n) is 5.15. The minimum atomic E-state index is -0.997. The van der Waals surface area contributed by atoms with Gasteiger partial charge in [0.25, 0.3) is 5.91 Å². The maximum Gasteiger partial charge on any atom is 0.350 e. The molecule has 1 atom stereocenters. The molecule has 0 fully saturated rings. The maximum atomic E-state index is 12.0. The number of rotatable bonds is 7. The van der Waals surface area contributed by atoms with Gasteiger partial charge in [-0.2, -0.15) is 0 Å². The third-order valence-electron chi connectivity index (χ3n) is 3.19. The lowest BCUT2D eigenvalue weighted by Crippen LogP contribution is -2.30. The van der Waals surface area contributed by atoms with Crippen molar-refractivity contribution in [1.29, 1.82) is 0 Å². The van der Waals surface area contributed by atoms with E-state index in [0.29, 0.717) is 5.02 Å². The van der Waals surface area contributed by atoms with Gasteiger partial charge in [-0.25, -0.2) is 9.59 Å². The lowest BCUT2D eigenvalue weighted by molar-refractivity contribution is -0.153. The molecule has 27 heavy (non-hydrogen) atoms. The Kier molecular flexibility index (Phi) is 7.46. The quantitative estimate of drug-likeness (QED) is 0.670. The van der Waals surface area contributed by atoms with Gasteiger partial charge in [0.05, 0.1) is 17.8 Å². The van der Waals surface area contributed by atoms with Crippen LogP contribution in [0.2, 0.25) is 10.0 Å². The first-order chi connectivity index (χ1) is 12.8. The third kappa shape index (κ3) is 5.85. The number of amides is 1. The standard InChI is InChI=1S/C17H15Cl2NO6S/c1-9(26-13-4-3-10(18)7-11(13)19)16(22)25-8-14(21)20-12-5-6-27-15(12)17(23)24-2/h3-7,9H,8H2,1-2H3,(H,20,21). The Morgan fingerprint density at radius 1 is 1.22 bits per heavy atom. The molecule has 1 aromatic heterocycles. The molecule has 10 heteroatoms. The summed E-state index contributed by atoms with van der Waals surface area (Å²) >= 11 is 12.9. The first kappa shape index (κ1) is 21.0. The van der Waals surface area contributed by atoms with E-state index in [1.807, 2.05) is 0 Å². The third-order valence-corrected chi connectivity index (χ3v) is 4.61. The molecule has 0 aliphatic heterocycles. The van der Waals surface area contributed by atoms with Crippen LogP contribution in [0.15, 0.2) is 29.6 Å². The highest BCUT2D eigenvalue weighted by Gasteiger charge is 2.20. The zero-order valence-electron chi connectivity index (χ0n) is 14.3. The van der Waals surface area contributed by atoms with E-state index in [2.05, 4.69) is 10.1 Å². The van der Waals surface area contributed by atoms with Gasteiger partial charge < -0.3 is 19.5 Å². The Balaban J connectivity index is 1.86. The van der Waals surface area contributed by atoms with E-state index in [4.69, 9.17) is 32.7 Å². The summed E-state index contributed by atoms with van der Waals surface area (Å²) in [6.07, 6.45) is -0.997. The number of methoxy groups -OCH3 is 1. The molecule has 0 spiro atoms. The lowest BCUT2D eigenvalue weighted by atomic mass is 10.3. The number of anilines is 1. The highest BCUT2D eigenvalue weighted by atomic mass is 35.5. The van der Waals surface area contributed by atoms with Crippen molar-refractivity contribution in [2.75, 3.05) is 19.0 Å². The molecule has 0 aliphatic carbocycles. The van der Waals surface area contributed by atoms with E-state index in [-0.39, 0.29) is 21.3 Å². The molecule has 2 rings (SSSR count). The van der Waals surface area contributed by atoms with Crippen molar-refractivity contribution >= 4 is 58.1 Å². The van der Waals surface area contributed by atoms with E-state index in [1.165, 1.54) is 26.2 Å². The summed E-state index contributed by atoms with van der Waals surface area (Å²) < 4.78 is 14.9. The van der Waals surface area contributed by atoms with E-state index in [9.17, 15) is 14.4 Å². The highest BCUT2D eigenvalue weighted by molar-refractivity contribution is 7.12. The average molecular weight is 432 g/mol. The average Bonchev–Trinajstić information content (AvgIpc) is 3.09. The van der Waals surface area contributed by atoms with E-state index in [0.717, 1.165) is 11.3 Å². The number of ether oxygens (including phenoxy) is 3. The van der Waals surface area contributed by atoms with Gasteiger partial charge in [0.15, 0.2) is 12.7 Å². The van der Waals surface area contributed by atoms with Crippen LogP contribution in [-0.4, -0.2) is 37.7 Å². The lowest BCUT2D eigenvalue weighted by Gasteiger charge is -2.15. The summed E-state index contributed by atoms with van der Waals surface area (Å²) in [6.45, 7) is 0.913. The molecule has 0 saturated heterocycles. The molecule has 1 unspecified atom stereocenters. The van der Waals surface area contributed by atoms with E-state index < -0.39 is 30.6 Å². The minimum Gasteiger partial charge on any atom is -0.477 e. The van der Waals surface area contributed by atoms with Gasteiger partial charge in [0.1, 0.15) is 10.6 Å². The summed E-state index contributed by atoms with van der Waals surface area (Å²) in [4.78, 5) is 35.7. The van der Waals surface area contributed by atoms with Crippen LogP contribution in [0, 0.1) is 0 Å². The Hall–Kier alpha value is -2.29. The number of nitrogens with one attached hydrogen (secondary N) is 1. The van der Waals surface area contributed by atoms with Gasteiger partial charge in [0, 0.05) is 5.02 Å². The number of halogens is 2. The van der Waals surface area contributed by atoms with Crippen LogP contribution in [-0.2, 0) is 19.1 Å². The minimum absolute atomic E-state index is 0.242. The number of carbonyl (C=O) groups is 3. The van der Waals surface area contributed by atoms with Crippen LogP contribution in [0.1, 0.15) is 16.6 Å². The van der Waals surface area contributed by atoms with Crippen LogP contribution in [0.25, 0.3) is 0 Å². The zero-order valence-corrected chi connectivity index (χ0v) is 16.6. The van der Waals surface area contributed by atoms with Crippen molar-refractivity contribution in [3.05, 3.63) is 44.6 Å². The van der Waals surface area contributed by atoms with Crippen molar-refractivity contribution in [3.8, 4) is 5.75 Å². The molecular weight excluding hydrogens is 417 g/mol. The smallest absolute Gasteiger partial charge is 0.350 e. The first-order valence-corrected chi connectivity index (χ1v) is 9.19. The van der Waals surface area contributed by atoms with Crippen LogP contribution < -0.4 is 10.1 Å². The van der Waals surface area contributed by atoms with E-state index in [1.54, 1.807) is 17.5 Å². The Labute approximate surface area is 169 Å². The van der Waals surface area contributed by atoms with Crippen molar-refractivity contribution < 1.29 is 28.6 Å². The molecule has 1 heterocycles. The van der Waals surface area contributed by atoms with Gasteiger partial charge in [-0.05, 0) is 36.6 Å². The van der Waals surface area contributed by atoms with Crippen molar-refractivity contribution in [1.82, 2.24) is 0 Å². The Bertz CT molecular complexity index is 854. The molecule has 144 valence electrons. The molecule has 0 radical (unpaired) electrons. The molecule has 1 amide bonds. The van der Waals surface area contributed by atoms with Crippen LogP contribution >= 0.6 is 34.5 Å². The molecule has 2 aromatic rings. The fraction of sp³-hybridized carbons (Fsp3) is 0.235. The predicted molar refractivity (Wildman–Crippen MR) is 102 cm³/mol. The van der Waals surface area contributed by atoms with Gasteiger partial charge in [-0.1, -0.05) is 23.2 Å². The molecule has 1 aromatic carbocycles. The predicted octanol–water partition coefficient (Wildman–Crippen LogP) is 3.79. The topological polar surface area (TPSA) is 90.9 Å². The second-order valence-corrected chi connectivity index (χ2v) is 6.91. The molecule has 7 nitrogen and oxygen atoms in total. The van der Waals surface area contributed by atoms with Crippen LogP contribution in [0.5, 0.6) is 5.75 Å². The summed E-state index contributed by atoms with van der Waals surface area (Å²) in [5, 5.41) is 4.78. The number of carbonyl (C=O) groups excluding carboxylic acids is 3. The number of hydrogen-bond donors (Lipinski definition) is 1. The summed E-state index contributed by atoms with van der Waals surface area (Å²) in [6, 6.07) is 6.11. The van der Waals surface area contributed by atoms with Crippen molar-refractivity contribution in [3.63, 3.8) is 0 Å². The maximum absolute atomic E-state index is 12.0. The number of hydrogen-bond acceptors (Lipinski definition) is 7. The first-order valence-electron chi connectivity index (χ1n) is 7.55. The summed E-state index contributed by atoms with van der Waals surface area (Å²) in [5.74, 6) is -1.67. The summed E-state index contributed by atoms with van der Waals surface area (Å²) in [5.41, 5.74) is 0.283. The van der Waals surface area contributed by atoms with Gasteiger partial charge in [-0.15, -0.1) is 11.3 Å². The second kappa shape index (κ2) is 9.59. The van der Waals surface area contributed by atoms with Crippen LogP contribution in [0.4, 0.5) is 5.69 Å². The van der Waals surface area contributed by atoms with Gasteiger partial charge >= 0.3 is 11.9 Å². The highest BCUT2D eigenvalue weighted by Crippen LogP contribution is 2.28. The fourth-order valence-corrected chi connectivity index (χ4v) is 3.13. The molecule has 0 bridgehead atoms.